The van der Waals surface area contributed by atoms with Crippen molar-refractivity contribution in [3.63, 3.8) is 0 Å². The highest BCUT2D eigenvalue weighted by atomic mass is 17.5. The minimum absolute atomic E-state index is 0.00403. The van der Waals surface area contributed by atoms with Crippen LogP contribution in [0.2, 0.25) is 0 Å². The fourth-order valence-corrected chi connectivity index (χ4v) is 5.09. The molecular weight excluding hydrogens is 484 g/mol. The maximum atomic E-state index is 11.6. The average Bonchev–Trinajstić information content (AvgIpc) is 2.87. The first kappa shape index (κ1) is 26.5. The summed E-state index contributed by atoms with van der Waals surface area (Å²) < 4.78 is 0. The van der Waals surface area contributed by atoms with Crippen molar-refractivity contribution in [3.8, 4) is 39.1 Å². The van der Waals surface area contributed by atoms with Crippen LogP contribution in [0, 0.1) is 27.7 Å². The molecule has 0 aliphatic heterocycles. The summed E-state index contributed by atoms with van der Waals surface area (Å²) in [6.07, 6.45) is 1.47. The van der Waals surface area contributed by atoms with Gasteiger partial charge in [0.05, 0.1) is 5.56 Å². The Morgan fingerprint density at radius 1 is 0.632 bits per heavy atom. The lowest BCUT2D eigenvalue weighted by molar-refractivity contribution is -0.438. The summed E-state index contributed by atoms with van der Waals surface area (Å²) in [5.41, 5.74) is 9.95. The molecule has 0 radical (unpaired) electrons. The van der Waals surface area contributed by atoms with Crippen LogP contribution in [-0.4, -0.2) is 28.9 Å². The van der Waals surface area contributed by atoms with Crippen LogP contribution in [0.5, 0.6) is 5.75 Å². The molecule has 0 atom stereocenters. The summed E-state index contributed by atoms with van der Waals surface area (Å²) in [5.74, 6) is -1.07. The highest BCUT2D eigenvalue weighted by Crippen LogP contribution is 2.37. The highest BCUT2D eigenvalue weighted by molar-refractivity contribution is 5.91. The molecular formula is C31H26O7. The molecule has 4 aromatic carbocycles. The third kappa shape index (κ3) is 5.25. The van der Waals surface area contributed by atoms with E-state index in [1.165, 1.54) is 6.07 Å². The molecule has 0 aliphatic carbocycles. The van der Waals surface area contributed by atoms with Gasteiger partial charge in [-0.25, -0.2) is 10.1 Å². The van der Waals surface area contributed by atoms with Crippen molar-refractivity contribution in [2.45, 2.75) is 27.7 Å². The summed E-state index contributed by atoms with van der Waals surface area (Å²) in [6, 6.07) is 17.7. The average molecular weight is 511 g/mol. The van der Waals surface area contributed by atoms with Gasteiger partial charge in [0.1, 0.15) is 12.6 Å². The van der Waals surface area contributed by atoms with Crippen molar-refractivity contribution in [2.24, 2.45) is 0 Å². The number of rotatable bonds is 8. The second kappa shape index (κ2) is 10.8. The van der Waals surface area contributed by atoms with Crippen molar-refractivity contribution < 1.29 is 34.7 Å². The zero-order valence-corrected chi connectivity index (χ0v) is 21.4. The Bertz CT molecular complexity index is 1510. The van der Waals surface area contributed by atoms with Gasteiger partial charge in [-0.2, -0.15) is 0 Å². The molecule has 0 aliphatic rings. The lowest BCUT2D eigenvalue weighted by atomic mass is 9.87. The number of aryl methyl sites for hydroxylation is 4. The van der Waals surface area contributed by atoms with Crippen LogP contribution in [0.3, 0.4) is 0 Å². The van der Waals surface area contributed by atoms with E-state index in [1.807, 2.05) is 39.8 Å². The molecule has 0 aromatic heterocycles. The zero-order valence-electron chi connectivity index (χ0n) is 21.4. The number of aromatic carboxylic acids is 1. The second-order valence-electron chi connectivity index (χ2n) is 9.30. The van der Waals surface area contributed by atoms with Crippen LogP contribution in [0.15, 0.2) is 60.7 Å². The molecule has 0 saturated carbocycles. The summed E-state index contributed by atoms with van der Waals surface area (Å²) in [6.45, 7) is 7.89. The van der Waals surface area contributed by atoms with Gasteiger partial charge in [0.2, 0.25) is 0 Å². The molecule has 0 fully saturated rings. The number of carboxylic acids is 1. The van der Waals surface area contributed by atoms with Crippen LogP contribution >= 0.6 is 0 Å². The van der Waals surface area contributed by atoms with Crippen molar-refractivity contribution in [1.82, 2.24) is 0 Å². The summed E-state index contributed by atoms with van der Waals surface area (Å²) >= 11 is 0. The first-order valence-corrected chi connectivity index (χ1v) is 11.8. The standard InChI is InChI=1S/C31H26O7/c1-17-5-23(6-18(2)29(17)25-10-21(15-32)9-22(11-25)16-33)24-7-19(3)30(20(4)8-24)26-12-27(31(34)35)14-28(13-26)37-38-36/h5-16,36H,1-4H3,(H,34,35). The van der Waals surface area contributed by atoms with E-state index in [4.69, 9.17) is 5.26 Å². The fourth-order valence-electron chi connectivity index (χ4n) is 5.09. The van der Waals surface area contributed by atoms with E-state index in [0.29, 0.717) is 16.7 Å². The molecule has 2 N–H and O–H groups in total. The number of carbonyl (C=O) groups excluding carboxylic acids is 2. The minimum atomic E-state index is -1.13. The van der Waals surface area contributed by atoms with E-state index >= 15 is 0 Å². The molecule has 0 heterocycles. The Balaban J connectivity index is 1.80. The van der Waals surface area contributed by atoms with Gasteiger partial charge in [-0.15, -0.1) is 0 Å². The number of hydrogen-bond donors (Lipinski definition) is 2. The van der Waals surface area contributed by atoms with Gasteiger partial charge < -0.3 is 9.99 Å². The van der Waals surface area contributed by atoms with Crippen LogP contribution in [0.4, 0.5) is 0 Å². The van der Waals surface area contributed by atoms with Crippen molar-refractivity contribution in [1.29, 1.82) is 0 Å². The Morgan fingerprint density at radius 2 is 1.08 bits per heavy atom. The number of carbonyl (C=O) groups is 3. The largest absolute Gasteiger partial charge is 0.478 e. The predicted octanol–water partition coefficient (Wildman–Crippen LogP) is 7.03. The second-order valence-corrected chi connectivity index (χ2v) is 9.30. The predicted molar refractivity (Wildman–Crippen MR) is 144 cm³/mol. The van der Waals surface area contributed by atoms with Gasteiger partial charge >= 0.3 is 5.97 Å². The Morgan fingerprint density at radius 3 is 1.47 bits per heavy atom. The van der Waals surface area contributed by atoms with Gasteiger partial charge in [-0.05, 0) is 125 Å². The molecule has 0 bridgehead atoms. The molecule has 4 aromatic rings. The topological polar surface area (TPSA) is 110 Å². The van der Waals surface area contributed by atoms with E-state index in [-0.39, 0.29) is 11.3 Å². The lowest BCUT2D eigenvalue weighted by Crippen LogP contribution is -2.00. The quantitative estimate of drug-likeness (QED) is 0.149. The fraction of sp³-hybridized carbons (Fsp3) is 0.129. The van der Waals surface area contributed by atoms with Crippen LogP contribution in [0.1, 0.15) is 53.3 Å². The Labute approximate surface area is 219 Å². The van der Waals surface area contributed by atoms with Crippen LogP contribution < -0.4 is 4.89 Å². The maximum absolute atomic E-state index is 11.6. The van der Waals surface area contributed by atoms with Gasteiger partial charge in [0.25, 0.3) is 0 Å². The summed E-state index contributed by atoms with van der Waals surface area (Å²) in [5, 5.41) is 21.9. The SMILES string of the molecule is Cc1cc(-c2cc(C)c(-c3cc(OOO)cc(C(=O)O)c3)c(C)c2)cc(C)c1-c1cc(C=O)cc(C=O)c1. The van der Waals surface area contributed by atoms with E-state index in [0.717, 1.165) is 62.6 Å². The number of hydrogen-bond acceptors (Lipinski definition) is 6. The third-order valence-electron chi connectivity index (χ3n) is 6.51. The van der Waals surface area contributed by atoms with Crippen LogP contribution in [0.25, 0.3) is 33.4 Å². The summed E-state index contributed by atoms with van der Waals surface area (Å²) in [7, 11) is 0. The number of carboxylic acid groups (broad SMARTS) is 1. The molecule has 7 nitrogen and oxygen atoms in total. The van der Waals surface area contributed by atoms with E-state index in [9.17, 15) is 19.5 Å². The summed E-state index contributed by atoms with van der Waals surface area (Å²) in [4.78, 5) is 39.1. The molecule has 38 heavy (non-hydrogen) atoms. The van der Waals surface area contributed by atoms with Crippen molar-refractivity contribution in [3.05, 3.63) is 99.6 Å². The zero-order chi connectivity index (χ0) is 27.6. The number of benzene rings is 4. The number of aldehydes is 2. The smallest absolute Gasteiger partial charge is 0.335 e. The van der Waals surface area contributed by atoms with E-state index < -0.39 is 5.97 Å². The monoisotopic (exact) mass is 510 g/mol. The molecule has 0 saturated heterocycles. The van der Waals surface area contributed by atoms with Gasteiger partial charge in [0, 0.05) is 11.1 Å². The van der Waals surface area contributed by atoms with Gasteiger partial charge in [-0.1, -0.05) is 24.3 Å². The normalized spacial score (nSPS) is 10.8. The van der Waals surface area contributed by atoms with E-state index in [1.54, 1.807) is 30.3 Å². The Kier molecular flexibility index (Phi) is 7.52. The third-order valence-corrected chi connectivity index (χ3v) is 6.51. The van der Waals surface area contributed by atoms with Crippen molar-refractivity contribution >= 4 is 18.5 Å². The van der Waals surface area contributed by atoms with Crippen molar-refractivity contribution in [2.75, 3.05) is 0 Å². The van der Waals surface area contributed by atoms with E-state index in [2.05, 4.69) is 22.1 Å². The molecule has 0 unspecified atom stereocenters. The molecule has 4 rings (SSSR count). The molecule has 7 heteroatoms. The Hall–Kier alpha value is -4.59. The van der Waals surface area contributed by atoms with Gasteiger partial charge in [0.15, 0.2) is 5.75 Å². The first-order valence-electron chi connectivity index (χ1n) is 11.8. The maximum Gasteiger partial charge on any atom is 0.335 e. The molecule has 0 spiro atoms. The first-order chi connectivity index (χ1) is 18.1. The molecule has 0 amide bonds. The van der Waals surface area contributed by atoms with Gasteiger partial charge in [-0.3, -0.25) is 9.59 Å². The highest BCUT2D eigenvalue weighted by Gasteiger charge is 2.16. The molecule has 192 valence electrons. The lowest BCUT2D eigenvalue weighted by Gasteiger charge is -2.17. The minimum Gasteiger partial charge on any atom is -0.478 e. The van der Waals surface area contributed by atoms with Crippen LogP contribution in [-0.2, 0) is 5.04 Å².